The van der Waals surface area contributed by atoms with Crippen molar-refractivity contribution < 1.29 is 14.6 Å². The van der Waals surface area contributed by atoms with Crippen LogP contribution in [-0.2, 0) is 17.8 Å². The van der Waals surface area contributed by atoms with Crippen LogP contribution in [0.4, 0.5) is 0 Å². The molecule has 27 heavy (non-hydrogen) atoms. The molecular formula is C21H21N3O3. The molecule has 0 saturated heterocycles. The molecule has 0 amide bonds. The lowest BCUT2D eigenvalue weighted by Gasteiger charge is -2.27. The van der Waals surface area contributed by atoms with Gasteiger partial charge in [0.05, 0.1) is 12.1 Å². The molecule has 0 atom stereocenters. The summed E-state index contributed by atoms with van der Waals surface area (Å²) in [5.74, 6) is -0.118. The molecule has 138 valence electrons. The number of aryl methyl sites for hydroxylation is 2. The summed E-state index contributed by atoms with van der Waals surface area (Å²) in [6.07, 6.45) is -0.0633. The minimum Gasteiger partial charge on any atom is -0.485 e. The van der Waals surface area contributed by atoms with Crippen molar-refractivity contribution in [3.8, 4) is 22.6 Å². The molecule has 2 heterocycles. The number of carbonyl (C=O) groups is 1. The van der Waals surface area contributed by atoms with Crippen LogP contribution in [0.1, 0.15) is 33.6 Å². The predicted molar refractivity (Wildman–Crippen MR) is 101 cm³/mol. The Hall–Kier alpha value is -3.15. The molecule has 2 aromatic carbocycles. The summed E-state index contributed by atoms with van der Waals surface area (Å²) < 4.78 is 7.89. The van der Waals surface area contributed by atoms with Gasteiger partial charge in [-0.2, -0.15) is 0 Å². The van der Waals surface area contributed by atoms with E-state index in [0.717, 1.165) is 56.2 Å². The molecule has 6 heteroatoms. The van der Waals surface area contributed by atoms with Crippen LogP contribution in [0.3, 0.4) is 0 Å². The lowest BCUT2D eigenvalue weighted by Crippen LogP contribution is -2.19. The quantitative estimate of drug-likeness (QED) is 0.768. The zero-order chi connectivity index (χ0) is 19.3. The van der Waals surface area contributed by atoms with E-state index in [-0.39, 0.29) is 6.42 Å². The van der Waals surface area contributed by atoms with Gasteiger partial charge in [0.2, 0.25) is 0 Å². The summed E-state index contributed by atoms with van der Waals surface area (Å²) >= 11 is 0. The second kappa shape index (κ2) is 6.23. The number of hydrogen-bond acceptors (Lipinski definition) is 4. The number of benzene rings is 2. The molecule has 1 aliphatic rings. The molecule has 0 unspecified atom stereocenters. The number of carboxylic acid groups (broad SMARTS) is 1. The molecule has 1 aliphatic heterocycles. The van der Waals surface area contributed by atoms with E-state index in [9.17, 15) is 9.90 Å². The van der Waals surface area contributed by atoms with Crippen LogP contribution < -0.4 is 4.74 Å². The molecule has 0 bridgehead atoms. The maximum absolute atomic E-state index is 11.6. The number of carboxylic acids is 1. The standard InChI is InChI=1S/C21H21N3O3/c1-11-5-7-15(8-6-11)19-13(3)21-20(12(2)16(19)9-18(25)26)24-17(10-27-21)14(4)22-23-24/h5-8H,9-10H2,1-4H3,(H,25,26). The van der Waals surface area contributed by atoms with Gasteiger partial charge in [-0.1, -0.05) is 35.0 Å². The molecule has 3 aromatic rings. The van der Waals surface area contributed by atoms with Gasteiger partial charge in [0.25, 0.3) is 0 Å². The number of aliphatic carboxylic acids is 1. The first-order valence-electron chi connectivity index (χ1n) is 8.87. The van der Waals surface area contributed by atoms with Crippen LogP contribution in [0.25, 0.3) is 16.8 Å². The third-order valence-electron chi connectivity index (χ3n) is 5.23. The van der Waals surface area contributed by atoms with E-state index in [1.165, 1.54) is 0 Å². The molecule has 6 nitrogen and oxygen atoms in total. The van der Waals surface area contributed by atoms with Crippen molar-refractivity contribution in [1.29, 1.82) is 0 Å². The highest BCUT2D eigenvalue weighted by Crippen LogP contribution is 2.43. The Morgan fingerprint density at radius 2 is 1.85 bits per heavy atom. The number of hydrogen-bond donors (Lipinski definition) is 1. The molecule has 0 saturated carbocycles. The van der Waals surface area contributed by atoms with Crippen molar-refractivity contribution in [1.82, 2.24) is 15.0 Å². The lowest BCUT2D eigenvalue weighted by atomic mass is 9.87. The first kappa shape index (κ1) is 17.3. The van der Waals surface area contributed by atoms with Gasteiger partial charge in [-0.3, -0.25) is 4.79 Å². The molecule has 1 N–H and O–H groups in total. The second-order valence-electron chi connectivity index (χ2n) is 7.04. The highest BCUT2D eigenvalue weighted by Gasteiger charge is 2.29. The summed E-state index contributed by atoms with van der Waals surface area (Å²) in [6, 6.07) is 8.13. The number of ether oxygens (including phenoxy) is 1. The highest BCUT2D eigenvalue weighted by atomic mass is 16.5. The number of aromatic nitrogens is 3. The van der Waals surface area contributed by atoms with Crippen LogP contribution in [-0.4, -0.2) is 26.1 Å². The van der Waals surface area contributed by atoms with Gasteiger partial charge in [-0.05, 0) is 49.9 Å². The second-order valence-corrected chi connectivity index (χ2v) is 7.04. The van der Waals surface area contributed by atoms with Gasteiger partial charge in [0.1, 0.15) is 23.7 Å². The van der Waals surface area contributed by atoms with Crippen molar-refractivity contribution in [2.24, 2.45) is 0 Å². The summed E-state index contributed by atoms with van der Waals surface area (Å²) in [7, 11) is 0. The van der Waals surface area contributed by atoms with E-state index in [1.54, 1.807) is 4.68 Å². The average Bonchev–Trinajstić information content (AvgIpc) is 3.01. The van der Waals surface area contributed by atoms with Crippen LogP contribution in [0.2, 0.25) is 0 Å². The third kappa shape index (κ3) is 2.68. The van der Waals surface area contributed by atoms with E-state index in [1.807, 2.05) is 52.0 Å². The SMILES string of the molecule is Cc1ccc(-c2c(C)c3c(c(C)c2CC(=O)O)-n2nnc(C)c2CO3)cc1. The Balaban J connectivity index is 2.05. The van der Waals surface area contributed by atoms with Gasteiger partial charge in [0, 0.05) is 5.56 Å². The Labute approximate surface area is 157 Å². The smallest absolute Gasteiger partial charge is 0.307 e. The van der Waals surface area contributed by atoms with Gasteiger partial charge >= 0.3 is 5.97 Å². The minimum absolute atomic E-state index is 0.0633. The molecule has 1 aromatic heterocycles. The average molecular weight is 363 g/mol. The predicted octanol–water partition coefficient (Wildman–Crippen LogP) is 3.69. The Morgan fingerprint density at radius 3 is 2.52 bits per heavy atom. The van der Waals surface area contributed by atoms with Crippen molar-refractivity contribution in [2.75, 3.05) is 0 Å². The van der Waals surface area contributed by atoms with Crippen molar-refractivity contribution >= 4 is 5.97 Å². The molecule has 0 radical (unpaired) electrons. The van der Waals surface area contributed by atoms with Gasteiger partial charge in [-0.15, -0.1) is 5.10 Å². The van der Waals surface area contributed by atoms with Crippen LogP contribution in [0.5, 0.6) is 5.75 Å². The maximum atomic E-state index is 11.6. The van der Waals surface area contributed by atoms with Gasteiger partial charge in [0.15, 0.2) is 0 Å². The maximum Gasteiger partial charge on any atom is 0.307 e. The van der Waals surface area contributed by atoms with Crippen LogP contribution in [0, 0.1) is 27.7 Å². The van der Waals surface area contributed by atoms with E-state index in [4.69, 9.17) is 4.74 Å². The number of fused-ring (bicyclic) bond motifs is 3. The lowest BCUT2D eigenvalue weighted by molar-refractivity contribution is -0.136. The number of nitrogens with zero attached hydrogens (tertiary/aromatic N) is 3. The first-order chi connectivity index (χ1) is 12.9. The Bertz CT molecular complexity index is 1070. The topological polar surface area (TPSA) is 77.2 Å². The fraction of sp³-hybridized carbons (Fsp3) is 0.286. The zero-order valence-corrected chi connectivity index (χ0v) is 15.8. The summed E-state index contributed by atoms with van der Waals surface area (Å²) in [5.41, 5.74) is 8.15. The fourth-order valence-electron chi connectivity index (χ4n) is 3.80. The Kier molecular flexibility index (Phi) is 3.98. The fourth-order valence-corrected chi connectivity index (χ4v) is 3.80. The van der Waals surface area contributed by atoms with Crippen molar-refractivity contribution in [3.63, 3.8) is 0 Å². The van der Waals surface area contributed by atoms with Crippen LogP contribution in [0.15, 0.2) is 24.3 Å². The van der Waals surface area contributed by atoms with Crippen LogP contribution >= 0.6 is 0 Å². The molecule has 0 spiro atoms. The summed E-state index contributed by atoms with van der Waals surface area (Å²) in [5, 5.41) is 18.0. The van der Waals surface area contributed by atoms with E-state index >= 15 is 0 Å². The molecule has 0 fully saturated rings. The highest BCUT2D eigenvalue weighted by molar-refractivity contribution is 5.84. The number of rotatable bonds is 3. The molecule has 4 rings (SSSR count). The summed E-state index contributed by atoms with van der Waals surface area (Å²) in [4.78, 5) is 11.6. The van der Waals surface area contributed by atoms with E-state index in [2.05, 4.69) is 10.3 Å². The minimum atomic E-state index is -0.863. The first-order valence-corrected chi connectivity index (χ1v) is 8.87. The molecule has 0 aliphatic carbocycles. The zero-order valence-electron chi connectivity index (χ0n) is 15.8. The largest absolute Gasteiger partial charge is 0.485 e. The summed E-state index contributed by atoms with van der Waals surface area (Å²) in [6.45, 7) is 8.24. The van der Waals surface area contributed by atoms with E-state index < -0.39 is 5.97 Å². The Morgan fingerprint density at radius 1 is 1.15 bits per heavy atom. The normalized spacial score (nSPS) is 12.3. The van der Waals surface area contributed by atoms with Crippen molar-refractivity contribution in [3.05, 3.63) is 57.9 Å². The monoisotopic (exact) mass is 363 g/mol. The molecular weight excluding hydrogens is 342 g/mol. The van der Waals surface area contributed by atoms with Gasteiger partial charge < -0.3 is 9.84 Å². The van der Waals surface area contributed by atoms with Crippen molar-refractivity contribution in [2.45, 2.75) is 40.7 Å². The van der Waals surface area contributed by atoms with Gasteiger partial charge in [-0.25, -0.2) is 4.68 Å². The van der Waals surface area contributed by atoms with E-state index in [0.29, 0.717) is 6.61 Å². The third-order valence-corrected chi connectivity index (χ3v) is 5.23.